The topological polar surface area (TPSA) is 40.6 Å². The highest BCUT2D eigenvalue weighted by molar-refractivity contribution is 7.89. The smallest absolute Gasteiger partial charge is 0.243 e. The summed E-state index contributed by atoms with van der Waals surface area (Å²) < 4.78 is 27.4. The van der Waals surface area contributed by atoms with Crippen LogP contribution >= 0.6 is 0 Å². The SMILES string of the molecule is O=S(=O)(c1ccccc1)N1C[C@@H]2CCN(Cc3ccccc3)[C@@H]2C1. The lowest BCUT2D eigenvalue weighted by molar-refractivity contribution is 0.236. The molecule has 2 saturated heterocycles. The summed E-state index contributed by atoms with van der Waals surface area (Å²) in [5.74, 6) is 0.451. The molecular weight excluding hydrogens is 320 g/mol. The van der Waals surface area contributed by atoms with E-state index < -0.39 is 10.0 Å². The van der Waals surface area contributed by atoms with Crippen LogP contribution in [0.4, 0.5) is 0 Å². The maximum absolute atomic E-state index is 12.8. The first kappa shape index (κ1) is 15.8. The monoisotopic (exact) mass is 342 g/mol. The number of fused-ring (bicyclic) bond motifs is 1. The van der Waals surface area contributed by atoms with Crippen molar-refractivity contribution < 1.29 is 8.42 Å². The highest BCUT2D eigenvalue weighted by Crippen LogP contribution is 2.35. The Kier molecular flexibility index (Phi) is 4.16. The zero-order chi connectivity index (χ0) is 16.6. The van der Waals surface area contributed by atoms with E-state index in [-0.39, 0.29) is 0 Å². The molecule has 2 heterocycles. The summed E-state index contributed by atoms with van der Waals surface area (Å²) in [7, 11) is -3.37. The predicted molar refractivity (Wildman–Crippen MR) is 93.9 cm³/mol. The standard InChI is InChI=1S/C19H22N2O2S/c22-24(23,18-9-5-2-6-10-18)21-14-17-11-12-20(19(17)15-21)13-16-7-3-1-4-8-16/h1-10,17,19H,11-15H2/t17-,19+/m0/s1. The van der Waals surface area contributed by atoms with Gasteiger partial charge < -0.3 is 0 Å². The second kappa shape index (κ2) is 6.31. The maximum Gasteiger partial charge on any atom is 0.243 e. The van der Waals surface area contributed by atoms with Crippen LogP contribution in [0.25, 0.3) is 0 Å². The summed E-state index contributed by atoms with van der Waals surface area (Å²) in [6.45, 7) is 3.21. The molecule has 0 radical (unpaired) electrons. The number of sulfonamides is 1. The van der Waals surface area contributed by atoms with Gasteiger partial charge in [-0.2, -0.15) is 4.31 Å². The average molecular weight is 342 g/mol. The summed E-state index contributed by atoms with van der Waals surface area (Å²) >= 11 is 0. The van der Waals surface area contributed by atoms with Gasteiger partial charge >= 0.3 is 0 Å². The van der Waals surface area contributed by atoms with Crippen molar-refractivity contribution in [2.45, 2.75) is 23.9 Å². The molecule has 24 heavy (non-hydrogen) atoms. The highest BCUT2D eigenvalue weighted by atomic mass is 32.2. The lowest BCUT2D eigenvalue weighted by Gasteiger charge is -2.24. The third-order valence-corrected chi connectivity index (χ3v) is 7.08. The minimum atomic E-state index is -3.37. The van der Waals surface area contributed by atoms with Crippen molar-refractivity contribution in [2.24, 2.45) is 5.92 Å². The quantitative estimate of drug-likeness (QED) is 0.857. The van der Waals surface area contributed by atoms with Crippen molar-refractivity contribution in [2.75, 3.05) is 19.6 Å². The van der Waals surface area contributed by atoms with Gasteiger partial charge in [0.25, 0.3) is 0 Å². The van der Waals surface area contributed by atoms with E-state index in [0.717, 1.165) is 19.5 Å². The van der Waals surface area contributed by atoms with Gasteiger partial charge in [0.15, 0.2) is 0 Å². The van der Waals surface area contributed by atoms with Crippen LogP contribution in [0.2, 0.25) is 0 Å². The van der Waals surface area contributed by atoms with E-state index in [2.05, 4.69) is 29.2 Å². The predicted octanol–water partition coefficient (Wildman–Crippen LogP) is 2.58. The Morgan fingerprint density at radius 1 is 0.917 bits per heavy atom. The number of likely N-dealkylation sites (tertiary alicyclic amines) is 1. The van der Waals surface area contributed by atoms with Crippen LogP contribution in [0.3, 0.4) is 0 Å². The molecule has 2 aromatic rings. The second-order valence-electron chi connectivity index (χ2n) is 6.71. The molecule has 0 unspecified atom stereocenters. The van der Waals surface area contributed by atoms with Gasteiger partial charge in [0.2, 0.25) is 10.0 Å². The first-order valence-corrected chi connectivity index (χ1v) is 9.92. The lowest BCUT2D eigenvalue weighted by Crippen LogP contribution is -2.36. The van der Waals surface area contributed by atoms with E-state index in [0.29, 0.717) is 29.9 Å². The molecule has 2 fully saturated rings. The van der Waals surface area contributed by atoms with E-state index in [4.69, 9.17) is 0 Å². The van der Waals surface area contributed by atoms with Gasteiger partial charge in [-0.25, -0.2) is 8.42 Å². The Bertz CT molecular complexity index is 793. The molecule has 0 bridgehead atoms. The summed E-state index contributed by atoms with van der Waals surface area (Å²) in [6, 6.07) is 19.5. The van der Waals surface area contributed by atoms with Gasteiger partial charge in [0.1, 0.15) is 0 Å². The number of nitrogens with zero attached hydrogens (tertiary/aromatic N) is 2. The lowest BCUT2D eigenvalue weighted by atomic mass is 10.1. The molecule has 0 saturated carbocycles. The van der Waals surface area contributed by atoms with E-state index in [9.17, 15) is 8.42 Å². The number of hydrogen-bond acceptors (Lipinski definition) is 3. The second-order valence-corrected chi connectivity index (χ2v) is 8.65. The van der Waals surface area contributed by atoms with Gasteiger partial charge in [-0.15, -0.1) is 0 Å². The molecule has 0 amide bonds. The van der Waals surface area contributed by atoms with Crippen molar-refractivity contribution in [3.05, 3.63) is 66.2 Å². The molecule has 0 aromatic heterocycles. The molecule has 2 aliphatic rings. The Morgan fingerprint density at radius 2 is 1.58 bits per heavy atom. The van der Waals surface area contributed by atoms with Gasteiger partial charge in [0, 0.05) is 25.7 Å². The van der Waals surface area contributed by atoms with Crippen LogP contribution in [0, 0.1) is 5.92 Å². The van der Waals surface area contributed by atoms with E-state index in [1.54, 1.807) is 28.6 Å². The Labute approximate surface area is 143 Å². The van der Waals surface area contributed by atoms with E-state index in [1.165, 1.54) is 5.56 Å². The van der Waals surface area contributed by atoms with Crippen LogP contribution in [0.1, 0.15) is 12.0 Å². The third kappa shape index (κ3) is 2.88. The molecule has 2 atom stereocenters. The molecule has 2 aromatic carbocycles. The summed E-state index contributed by atoms with van der Waals surface area (Å²) in [6.07, 6.45) is 1.08. The summed E-state index contributed by atoms with van der Waals surface area (Å²) in [4.78, 5) is 2.85. The fourth-order valence-electron chi connectivity index (χ4n) is 3.96. The molecule has 0 spiro atoms. The summed E-state index contributed by atoms with van der Waals surface area (Å²) in [5.41, 5.74) is 1.29. The van der Waals surface area contributed by atoms with Gasteiger partial charge in [0.05, 0.1) is 4.90 Å². The van der Waals surface area contributed by atoms with Crippen LogP contribution < -0.4 is 0 Å². The fourth-order valence-corrected chi connectivity index (χ4v) is 5.50. The molecule has 5 heteroatoms. The average Bonchev–Trinajstić information content (AvgIpc) is 3.19. The molecular formula is C19H22N2O2S. The van der Waals surface area contributed by atoms with Gasteiger partial charge in [-0.1, -0.05) is 48.5 Å². The Balaban J connectivity index is 1.50. The largest absolute Gasteiger partial charge is 0.294 e. The molecule has 2 aliphatic heterocycles. The van der Waals surface area contributed by atoms with Gasteiger partial charge in [-0.05, 0) is 36.6 Å². The normalized spacial score (nSPS) is 25.0. The molecule has 0 N–H and O–H groups in total. The zero-order valence-corrected chi connectivity index (χ0v) is 14.4. The van der Waals surface area contributed by atoms with Crippen molar-refractivity contribution in [1.82, 2.24) is 9.21 Å². The Hall–Kier alpha value is -1.69. The van der Waals surface area contributed by atoms with E-state index in [1.807, 2.05) is 12.1 Å². The number of rotatable bonds is 4. The first-order valence-electron chi connectivity index (χ1n) is 8.48. The minimum absolute atomic E-state index is 0.337. The number of hydrogen-bond donors (Lipinski definition) is 0. The first-order chi connectivity index (χ1) is 11.6. The molecule has 4 rings (SSSR count). The third-order valence-electron chi connectivity index (χ3n) is 5.24. The van der Waals surface area contributed by atoms with Crippen LogP contribution in [-0.4, -0.2) is 43.3 Å². The van der Waals surface area contributed by atoms with Crippen molar-refractivity contribution >= 4 is 10.0 Å². The molecule has 4 nitrogen and oxygen atoms in total. The molecule has 126 valence electrons. The van der Waals surface area contributed by atoms with Crippen LogP contribution in [-0.2, 0) is 16.6 Å². The van der Waals surface area contributed by atoms with Crippen LogP contribution in [0.5, 0.6) is 0 Å². The van der Waals surface area contributed by atoms with Gasteiger partial charge in [-0.3, -0.25) is 4.90 Å². The maximum atomic E-state index is 12.8. The van der Waals surface area contributed by atoms with Crippen molar-refractivity contribution in [1.29, 1.82) is 0 Å². The minimum Gasteiger partial charge on any atom is -0.294 e. The fraction of sp³-hybridized carbons (Fsp3) is 0.368. The van der Waals surface area contributed by atoms with Crippen LogP contribution in [0.15, 0.2) is 65.6 Å². The molecule has 0 aliphatic carbocycles. The summed E-state index contributed by atoms with van der Waals surface area (Å²) in [5, 5.41) is 0. The highest BCUT2D eigenvalue weighted by Gasteiger charge is 2.45. The number of benzene rings is 2. The zero-order valence-electron chi connectivity index (χ0n) is 13.6. The van der Waals surface area contributed by atoms with E-state index >= 15 is 0 Å². The van der Waals surface area contributed by atoms with Crippen molar-refractivity contribution in [3.63, 3.8) is 0 Å². The van der Waals surface area contributed by atoms with Crippen molar-refractivity contribution in [3.8, 4) is 0 Å². The Morgan fingerprint density at radius 3 is 2.29 bits per heavy atom.